The minimum atomic E-state index is -0.903. The van der Waals surface area contributed by atoms with Gasteiger partial charge in [-0.05, 0) is 6.92 Å². The Balaban J connectivity index is 2.10. The number of anilines is 1. The van der Waals surface area contributed by atoms with E-state index in [1.54, 1.807) is 13.0 Å². The second-order valence-corrected chi connectivity index (χ2v) is 4.40. The number of aryl methyl sites for hydroxylation is 1. The second kappa shape index (κ2) is 3.89. The quantitative estimate of drug-likeness (QED) is 0.775. The molecule has 5 nitrogen and oxygen atoms in total. The van der Waals surface area contributed by atoms with Crippen LogP contribution in [0.3, 0.4) is 0 Å². The van der Waals surface area contributed by atoms with Gasteiger partial charge in [0.15, 0.2) is 0 Å². The second-order valence-electron chi connectivity index (χ2n) is 4.01. The molecule has 0 radical (unpaired) electrons. The van der Waals surface area contributed by atoms with Gasteiger partial charge in [-0.3, -0.25) is 0 Å². The molecule has 1 N–H and O–H groups in total. The Hall–Kier alpha value is -1.38. The van der Waals surface area contributed by atoms with Gasteiger partial charge in [0.05, 0.1) is 25.6 Å². The van der Waals surface area contributed by atoms with E-state index in [1.165, 1.54) is 0 Å². The first-order valence-corrected chi connectivity index (χ1v) is 5.26. The molecule has 2 rings (SSSR count). The highest BCUT2D eigenvalue weighted by molar-refractivity contribution is 6.29. The zero-order chi connectivity index (χ0) is 11.8. The van der Waals surface area contributed by atoms with Crippen molar-refractivity contribution in [3.05, 3.63) is 17.0 Å². The van der Waals surface area contributed by atoms with Crippen molar-refractivity contribution < 1.29 is 5.11 Å². The lowest BCUT2D eigenvalue weighted by atomic mass is 9.91. The fourth-order valence-corrected chi connectivity index (χ4v) is 1.98. The van der Waals surface area contributed by atoms with Gasteiger partial charge in [0.2, 0.25) is 0 Å². The van der Waals surface area contributed by atoms with E-state index in [0.717, 1.165) is 0 Å². The van der Waals surface area contributed by atoms with Crippen LogP contribution < -0.4 is 4.90 Å². The SMILES string of the molecule is Cc1nc(Cl)cc(N2CC(O)(CC#N)C2)n1. The Morgan fingerprint density at radius 1 is 1.62 bits per heavy atom. The van der Waals surface area contributed by atoms with E-state index >= 15 is 0 Å². The fourth-order valence-electron chi connectivity index (χ4n) is 1.76. The number of aromatic nitrogens is 2. The molecule has 0 unspecified atom stereocenters. The molecule has 6 heteroatoms. The van der Waals surface area contributed by atoms with E-state index < -0.39 is 5.60 Å². The number of β-amino-alcohol motifs (C(OH)–C–C–N with tert-alkyl or cyclic N) is 1. The summed E-state index contributed by atoms with van der Waals surface area (Å²) in [6, 6.07) is 3.62. The largest absolute Gasteiger partial charge is 0.385 e. The van der Waals surface area contributed by atoms with Gasteiger partial charge in [0.25, 0.3) is 0 Å². The number of nitrogens with zero attached hydrogens (tertiary/aromatic N) is 4. The predicted octanol–water partition coefficient (Wildman–Crippen LogP) is 0.903. The molecule has 84 valence electrons. The molecule has 0 aromatic carbocycles. The summed E-state index contributed by atoms with van der Waals surface area (Å²) < 4.78 is 0. The number of aliphatic hydroxyl groups is 1. The molecule has 0 atom stereocenters. The normalized spacial score (nSPS) is 17.8. The summed E-state index contributed by atoms with van der Waals surface area (Å²) >= 11 is 5.81. The average molecular weight is 239 g/mol. The summed E-state index contributed by atoms with van der Waals surface area (Å²) in [6.07, 6.45) is 0.140. The topological polar surface area (TPSA) is 73.0 Å². The molecular weight excluding hydrogens is 228 g/mol. The Kier molecular flexibility index (Phi) is 2.70. The average Bonchev–Trinajstić information content (AvgIpc) is 2.12. The lowest BCUT2D eigenvalue weighted by Gasteiger charge is -2.46. The molecule has 0 amide bonds. The standard InChI is InChI=1S/C10H11ClN4O/c1-7-13-8(11)4-9(14-7)15-5-10(16,6-15)2-3-12/h4,16H,2,5-6H2,1H3. The van der Waals surface area contributed by atoms with Crippen molar-refractivity contribution >= 4 is 17.4 Å². The van der Waals surface area contributed by atoms with Gasteiger partial charge in [-0.25, -0.2) is 9.97 Å². The molecule has 1 aromatic rings. The first-order chi connectivity index (χ1) is 7.52. The Morgan fingerprint density at radius 3 is 2.88 bits per heavy atom. The summed E-state index contributed by atoms with van der Waals surface area (Å²) in [6.45, 7) is 2.58. The number of hydrogen-bond acceptors (Lipinski definition) is 5. The van der Waals surface area contributed by atoms with E-state index in [0.29, 0.717) is 29.9 Å². The molecule has 1 aliphatic heterocycles. The molecule has 1 fully saturated rings. The van der Waals surface area contributed by atoms with Crippen LogP contribution in [0.2, 0.25) is 5.15 Å². The third-order valence-electron chi connectivity index (χ3n) is 2.50. The van der Waals surface area contributed by atoms with Gasteiger partial charge < -0.3 is 10.0 Å². The molecular formula is C10H11ClN4O. The van der Waals surface area contributed by atoms with E-state index in [-0.39, 0.29) is 6.42 Å². The minimum absolute atomic E-state index is 0.140. The molecule has 1 aliphatic rings. The summed E-state index contributed by atoms with van der Waals surface area (Å²) in [4.78, 5) is 10.1. The Bertz CT molecular complexity index is 430. The number of rotatable bonds is 2. The van der Waals surface area contributed by atoms with Crippen LogP contribution in [0.4, 0.5) is 5.82 Å². The highest BCUT2D eigenvalue weighted by Crippen LogP contribution is 2.29. The van der Waals surface area contributed by atoms with Gasteiger partial charge in [0.1, 0.15) is 22.4 Å². The lowest BCUT2D eigenvalue weighted by Crippen LogP contribution is -2.62. The van der Waals surface area contributed by atoms with Gasteiger partial charge in [-0.15, -0.1) is 0 Å². The van der Waals surface area contributed by atoms with Crippen LogP contribution >= 0.6 is 11.6 Å². The van der Waals surface area contributed by atoms with Crippen LogP contribution in [0.25, 0.3) is 0 Å². The molecule has 16 heavy (non-hydrogen) atoms. The van der Waals surface area contributed by atoms with Gasteiger partial charge >= 0.3 is 0 Å². The fraction of sp³-hybridized carbons (Fsp3) is 0.500. The van der Waals surface area contributed by atoms with Gasteiger partial charge in [0, 0.05) is 6.07 Å². The highest BCUT2D eigenvalue weighted by Gasteiger charge is 2.41. The molecule has 1 aromatic heterocycles. The van der Waals surface area contributed by atoms with Crippen molar-refractivity contribution in [2.45, 2.75) is 18.9 Å². The molecule has 0 spiro atoms. The third kappa shape index (κ3) is 2.08. The molecule has 0 bridgehead atoms. The summed E-state index contributed by atoms with van der Waals surface area (Å²) in [7, 11) is 0. The van der Waals surface area contributed by atoms with Crippen molar-refractivity contribution in [1.29, 1.82) is 5.26 Å². The van der Waals surface area contributed by atoms with E-state index in [4.69, 9.17) is 16.9 Å². The van der Waals surface area contributed by atoms with Gasteiger partial charge in [-0.1, -0.05) is 11.6 Å². The monoisotopic (exact) mass is 238 g/mol. The lowest BCUT2D eigenvalue weighted by molar-refractivity contribution is 0.0161. The van der Waals surface area contributed by atoms with Crippen LogP contribution in [-0.2, 0) is 0 Å². The van der Waals surface area contributed by atoms with Crippen molar-refractivity contribution in [2.24, 2.45) is 0 Å². The number of nitriles is 1. The molecule has 0 saturated carbocycles. The van der Waals surface area contributed by atoms with Crippen molar-refractivity contribution in [1.82, 2.24) is 9.97 Å². The molecule has 0 aliphatic carbocycles. The molecule has 2 heterocycles. The molecule has 1 saturated heterocycles. The first-order valence-electron chi connectivity index (χ1n) is 4.88. The van der Waals surface area contributed by atoms with Gasteiger partial charge in [-0.2, -0.15) is 5.26 Å². The first kappa shape index (κ1) is 11.1. The summed E-state index contributed by atoms with van der Waals surface area (Å²) in [5.74, 6) is 1.29. The van der Waals surface area contributed by atoms with Crippen LogP contribution in [0.5, 0.6) is 0 Å². The Morgan fingerprint density at radius 2 is 2.31 bits per heavy atom. The maximum Gasteiger partial charge on any atom is 0.134 e. The van der Waals surface area contributed by atoms with Crippen LogP contribution in [0.15, 0.2) is 6.07 Å². The minimum Gasteiger partial charge on any atom is -0.385 e. The zero-order valence-corrected chi connectivity index (χ0v) is 9.57. The van der Waals surface area contributed by atoms with Crippen molar-refractivity contribution in [3.63, 3.8) is 0 Å². The third-order valence-corrected chi connectivity index (χ3v) is 2.69. The van der Waals surface area contributed by atoms with Crippen molar-refractivity contribution in [3.8, 4) is 6.07 Å². The summed E-state index contributed by atoms with van der Waals surface area (Å²) in [5.41, 5.74) is -0.903. The van der Waals surface area contributed by atoms with E-state index in [9.17, 15) is 5.11 Å². The zero-order valence-electron chi connectivity index (χ0n) is 8.81. The van der Waals surface area contributed by atoms with Crippen LogP contribution in [0.1, 0.15) is 12.2 Å². The van der Waals surface area contributed by atoms with Crippen LogP contribution in [0, 0.1) is 18.3 Å². The maximum atomic E-state index is 9.84. The number of halogens is 1. The van der Waals surface area contributed by atoms with E-state index in [1.807, 2.05) is 11.0 Å². The smallest absolute Gasteiger partial charge is 0.134 e. The maximum absolute atomic E-state index is 9.84. The van der Waals surface area contributed by atoms with E-state index in [2.05, 4.69) is 9.97 Å². The Labute approximate surface area is 98.3 Å². The number of hydrogen-bond donors (Lipinski definition) is 1. The van der Waals surface area contributed by atoms with Crippen molar-refractivity contribution in [2.75, 3.05) is 18.0 Å². The summed E-state index contributed by atoms with van der Waals surface area (Å²) in [5, 5.41) is 18.8. The highest BCUT2D eigenvalue weighted by atomic mass is 35.5. The predicted molar refractivity (Wildman–Crippen MR) is 59.2 cm³/mol. The van der Waals surface area contributed by atoms with Crippen LogP contribution in [-0.4, -0.2) is 33.8 Å².